The molecule has 0 aliphatic heterocycles. The van der Waals surface area contributed by atoms with E-state index in [0.29, 0.717) is 0 Å². The van der Waals surface area contributed by atoms with Crippen molar-refractivity contribution >= 4 is 43.2 Å². The third-order valence-corrected chi connectivity index (χ3v) is 5.08. The number of halogens is 2. The standard InChI is InChI=1S/C15H10Br2N2S/c1-9-2-14(10-3-12(16)7-18-5-10)20-15(9)11-4-13(17)8-19-6-11/h2-8H,1H3. The molecule has 0 aromatic carbocycles. The zero-order chi connectivity index (χ0) is 14.1. The van der Waals surface area contributed by atoms with Crippen LogP contribution in [0.3, 0.4) is 0 Å². The van der Waals surface area contributed by atoms with Crippen LogP contribution in [0.15, 0.2) is 51.9 Å². The third-order valence-electron chi connectivity index (χ3n) is 2.87. The van der Waals surface area contributed by atoms with E-state index in [9.17, 15) is 0 Å². The lowest BCUT2D eigenvalue weighted by atomic mass is 10.1. The van der Waals surface area contributed by atoms with Crippen molar-refractivity contribution in [2.24, 2.45) is 0 Å². The van der Waals surface area contributed by atoms with E-state index < -0.39 is 0 Å². The smallest absolute Gasteiger partial charge is 0.0410 e. The molecule has 0 unspecified atom stereocenters. The molecule has 0 N–H and O–H groups in total. The van der Waals surface area contributed by atoms with Gasteiger partial charge in [-0.15, -0.1) is 11.3 Å². The van der Waals surface area contributed by atoms with Gasteiger partial charge in [0, 0.05) is 54.6 Å². The molecule has 3 aromatic rings. The molecular formula is C15H10Br2N2S. The van der Waals surface area contributed by atoms with Gasteiger partial charge in [0.15, 0.2) is 0 Å². The minimum absolute atomic E-state index is 0.992. The highest BCUT2D eigenvalue weighted by molar-refractivity contribution is 9.10. The quantitative estimate of drug-likeness (QED) is 0.542. The molecule has 0 aliphatic carbocycles. The topological polar surface area (TPSA) is 25.8 Å². The first-order valence-corrected chi connectivity index (χ1v) is 8.36. The number of aromatic nitrogens is 2. The molecule has 3 heterocycles. The average Bonchev–Trinajstić information content (AvgIpc) is 2.81. The molecule has 0 amide bonds. The number of pyridine rings is 2. The summed E-state index contributed by atoms with van der Waals surface area (Å²) in [5.41, 5.74) is 3.52. The Bertz CT molecular complexity index is 768. The molecule has 0 fully saturated rings. The lowest BCUT2D eigenvalue weighted by molar-refractivity contribution is 1.31. The molecule has 0 bridgehead atoms. The summed E-state index contributed by atoms with van der Waals surface area (Å²) in [7, 11) is 0. The lowest BCUT2D eigenvalue weighted by Crippen LogP contribution is -1.78. The van der Waals surface area contributed by atoms with Crippen LogP contribution in [0.1, 0.15) is 5.56 Å². The molecule has 0 radical (unpaired) electrons. The van der Waals surface area contributed by atoms with Crippen LogP contribution in [0.5, 0.6) is 0 Å². The molecule has 5 heteroatoms. The Labute approximate surface area is 138 Å². The zero-order valence-corrected chi connectivity index (χ0v) is 14.6. The van der Waals surface area contributed by atoms with Crippen molar-refractivity contribution in [2.45, 2.75) is 6.92 Å². The van der Waals surface area contributed by atoms with E-state index in [4.69, 9.17) is 0 Å². The zero-order valence-electron chi connectivity index (χ0n) is 10.6. The number of hydrogen-bond acceptors (Lipinski definition) is 3. The summed E-state index contributed by atoms with van der Waals surface area (Å²) in [5, 5.41) is 0. The van der Waals surface area contributed by atoms with E-state index >= 15 is 0 Å². The van der Waals surface area contributed by atoms with Gasteiger partial charge >= 0.3 is 0 Å². The third kappa shape index (κ3) is 2.85. The summed E-state index contributed by atoms with van der Waals surface area (Å²) >= 11 is 8.70. The minimum atomic E-state index is 0.992. The summed E-state index contributed by atoms with van der Waals surface area (Å²) in [4.78, 5) is 10.9. The Hall–Kier alpha value is -1.04. The van der Waals surface area contributed by atoms with Gasteiger partial charge in [-0.2, -0.15) is 0 Å². The van der Waals surface area contributed by atoms with E-state index in [2.05, 4.69) is 67.0 Å². The second-order valence-corrected chi connectivity index (χ2v) is 7.29. The molecule has 0 spiro atoms. The summed E-state index contributed by atoms with van der Waals surface area (Å²) in [6.45, 7) is 2.13. The Morgan fingerprint density at radius 2 is 1.45 bits per heavy atom. The van der Waals surface area contributed by atoms with E-state index in [0.717, 1.165) is 20.1 Å². The lowest BCUT2D eigenvalue weighted by Gasteiger charge is -1.99. The van der Waals surface area contributed by atoms with Crippen molar-refractivity contribution in [2.75, 3.05) is 0 Å². The van der Waals surface area contributed by atoms with Gasteiger partial charge in [-0.05, 0) is 62.5 Å². The maximum atomic E-state index is 4.24. The van der Waals surface area contributed by atoms with Crippen molar-refractivity contribution in [3.05, 3.63) is 57.5 Å². The monoisotopic (exact) mass is 408 g/mol. The van der Waals surface area contributed by atoms with Gasteiger partial charge in [-0.25, -0.2) is 0 Å². The fourth-order valence-corrected chi connectivity index (χ4v) is 3.86. The van der Waals surface area contributed by atoms with Crippen molar-refractivity contribution in [1.82, 2.24) is 9.97 Å². The van der Waals surface area contributed by atoms with Crippen LogP contribution in [-0.2, 0) is 0 Å². The highest BCUT2D eigenvalue weighted by Gasteiger charge is 2.10. The largest absolute Gasteiger partial charge is 0.263 e. The minimum Gasteiger partial charge on any atom is -0.263 e. The fraction of sp³-hybridized carbons (Fsp3) is 0.0667. The summed E-state index contributed by atoms with van der Waals surface area (Å²) in [6.07, 6.45) is 7.38. The first-order chi connectivity index (χ1) is 9.63. The Morgan fingerprint density at radius 1 is 0.850 bits per heavy atom. The molecule has 0 saturated carbocycles. The number of nitrogens with zero attached hydrogens (tertiary/aromatic N) is 2. The van der Waals surface area contributed by atoms with Crippen molar-refractivity contribution in [3.8, 4) is 20.9 Å². The van der Waals surface area contributed by atoms with Gasteiger partial charge in [0.25, 0.3) is 0 Å². The molecule has 20 heavy (non-hydrogen) atoms. The van der Waals surface area contributed by atoms with Crippen LogP contribution in [0.2, 0.25) is 0 Å². The normalized spacial score (nSPS) is 10.8. The highest BCUT2D eigenvalue weighted by Crippen LogP contribution is 2.38. The average molecular weight is 410 g/mol. The van der Waals surface area contributed by atoms with Crippen molar-refractivity contribution in [1.29, 1.82) is 0 Å². The Balaban J connectivity index is 2.08. The molecule has 0 atom stereocenters. The van der Waals surface area contributed by atoms with Crippen molar-refractivity contribution in [3.63, 3.8) is 0 Å². The number of aryl methyl sites for hydroxylation is 1. The van der Waals surface area contributed by atoms with Crippen LogP contribution in [0, 0.1) is 6.92 Å². The van der Waals surface area contributed by atoms with Gasteiger partial charge in [0.05, 0.1) is 0 Å². The molecule has 0 saturated heterocycles. The van der Waals surface area contributed by atoms with Crippen LogP contribution in [-0.4, -0.2) is 9.97 Å². The molecule has 100 valence electrons. The van der Waals surface area contributed by atoms with Crippen LogP contribution >= 0.6 is 43.2 Å². The van der Waals surface area contributed by atoms with Gasteiger partial charge in [0.2, 0.25) is 0 Å². The van der Waals surface area contributed by atoms with Crippen LogP contribution in [0.25, 0.3) is 20.9 Å². The maximum Gasteiger partial charge on any atom is 0.0410 e. The van der Waals surface area contributed by atoms with Crippen LogP contribution in [0.4, 0.5) is 0 Å². The molecule has 3 aromatic heterocycles. The SMILES string of the molecule is Cc1cc(-c2cncc(Br)c2)sc1-c1cncc(Br)c1. The first kappa shape index (κ1) is 13.9. The van der Waals surface area contributed by atoms with Gasteiger partial charge in [0.1, 0.15) is 0 Å². The predicted octanol–water partition coefficient (Wildman–Crippen LogP) is 5.71. The summed E-state index contributed by atoms with van der Waals surface area (Å²) in [5.74, 6) is 0. The van der Waals surface area contributed by atoms with Crippen LogP contribution < -0.4 is 0 Å². The second-order valence-electron chi connectivity index (χ2n) is 4.41. The fourth-order valence-electron chi connectivity index (χ4n) is 1.99. The van der Waals surface area contributed by atoms with E-state index in [1.807, 2.05) is 12.4 Å². The summed E-state index contributed by atoms with van der Waals surface area (Å²) in [6, 6.07) is 6.38. The van der Waals surface area contributed by atoms with Gasteiger partial charge < -0.3 is 0 Å². The Kier molecular flexibility index (Phi) is 4.01. The van der Waals surface area contributed by atoms with E-state index in [1.165, 1.54) is 15.3 Å². The van der Waals surface area contributed by atoms with Crippen molar-refractivity contribution < 1.29 is 0 Å². The van der Waals surface area contributed by atoms with E-state index in [-0.39, 0.29) is 0 Å². The molecule has 0 aliphatic rings. The first-order valence-electron chi connectivity index (χ1n) is 5.96. The maximum absolute atomic E-state index is 4.24. The number of rotatable bonds is 2. The second kappa shape index (κ2) is 5.76. The van der Waals surface area contributed by atoms with Gasteiger partial charge in [-0.1, -0.05) is 0 Å². The number of thiophene rings is 1. The molecule has 2 nitrogen and oxygen atoms in total. The number of hydrogen-bond donors (Lipinski definition) is 0. The van der Waals surface area contributed by atoms with Gasteiger partial charge in [-0.3, -0.25) is 9.97 Å². The Morgan fingerprint density at radius 3 is 2.10 bits per heavy atom. The predicted molar refractivity (Wildman–Crippen MR) is 90.9 cm³/mol. The molecule has 3 rings (SSSR count). The highest BCUT2D eigenvalue weighted by atomic mass is 79.9. The molecular weight excluding hydrogens is 400 g/mol. The van der Waals surface area contributed by atoms with E-state index in [1.54, 1.807) is 23.7 Å². The summed E-state index contributed by atoms with van der Waals surface area (Å²) < 4.78 is 1.99.